The number of nitrogens with two attached hydrogens (primary N) is 1. The largest absolute Gasteiger partial charge is 0.445 e. The zero-order chi connectivity index (χ0) is 27.4. The van der Waals surface area contributed by atoms with Crippen LogP contribution in [0.2, 0.25) is 57.4 Å². The first-order valence-electron chi connectivity index (χ1n) is 12.9. The minimum atomic E-state index is -2.38. The number of ether oxygens (including phenoxy) is 3. The van der Waals surface area contributed by atoms with E-state index in [2.05, 4.69) is 96.1 Å². The maximum atomic E-state index is 13.0. The molecule has 0 bridgehead atoms. The van der Waals surface area contributed by atoms with Crippen molar-refractivity contribution in [2.24, 2.45) is 11.7 Å². The van der Waals surface area contributed by atoms with Gasteiger partial charge in [0.05, 0.1) is 25.2 Å². The Morgan fingerprint density at radius 2 is 1.56 bits per heavy atom. The van der Waals surface area contributed by atoms with Crippen LogP contribution in [0.1, 0.15) is 27.2 Å². The number of esters is 1. The number of fused-ring (bicyclic) bond motifs is 1. The molecular weight excluding hydrogens is 503 g/mol. The minimum absolute atomic E-state index is 0.0762. The molecule has 1 aliphatic carbocycles. The summed E-state index contributed by atoms with van der Waals surface area (Å²) in [5.74, 6) is 4.91. The van der Waals surface area contributed by atoms with Crippen LogP contribution in [-0.4, -0.2) is 67.2 Å². The predicted octanol–water partition coefficient (Wildman–Crippen LogP) is 4.45. The van der Waals surface area contributed by atoms with Crippen molar-refractivity contribution in [3.05, 3.63) is 11.6 Å². The molecule has 36 heavy (non-hydrogen) atoms. The summed E-state index contributed by atoms with van der Waals surface area (Å²) in [5, 5.41) is -0.0762. The van der Waals surface area contributed by atoms with E-state index in [0.717, 1.165) is 5.57 Å². The van der Waals surface area contributed by atoms with Crippen molar-refractivity contribution in [1.82, 2.24) is 0 Å². The summed E-state index contributed by atoms with van der Waals surface area (Å²) in [6.45, 7) is 25.0. The molecule has 2 N–H and O–H groups in total. The van der Waals surface area contributed by atoms with Gasteiger partial charge in [-0.05, 0) is 23.7 Å². The lowest BCUT2D eigenvalue weighted by Crippen LogP contribution is -2.68. The Morgan fingerprint density at radius 1 is 1.00 bits per heavy atom. The molecule has 1 saturated carbocycles. The standard InChI is InChI=1S/C27H45NO5Si3/c1-25(2,3)36(10,11)33-26(13-17-35(7,8)9)19-27(30-14-15-31-27)24(28)23-20(26)18-22(29)32-21(23)12-16-34(4,5)6/h18,21,23-24H,14-15,19,28H2,1-11H3/t21-,23+,24+,26-/m0/s1. The lowest BCUT2D eigenvalue weighted by Gasteiger charge is -2.55. The summed E-state index contributed by atoms with van der Waals surface area (Å²) in [5.41, 5.74) is 13.6. The van der Waals surface area contributed by atoms with Crippen LogP contribution in [0.4, 0.5) is 0 Å². The number of hydrogen-bond acceptors (Lipinski definition) is 6. The highest BCUT2D eigenvalue weighted by Crippen LogP contribution is 2.53. The minimum Gasteiger partial charge on any atom is -0.445 e. The van der Waals surface area contributed by atoms with Gasteiger partial charge >= 0.3 is 5.97 Å². The molecule has 3 aliphatic rings. The SMILES string of the molecule is CC(C)(C)[Si](C)(C)O[C@@]1(C#C[Si](C)(C)C)CC2(OCCO2)[C@H](N)[C@@H]2C1=CC(=O)O[C@H]2C#C[Si](C)(C)C. The summed E-state index contributed by atoms with van der Waals surface area (Å²) < 4.78 is 25.6. The van der Waals surface area contributed by atoms with E-state index in [-0.39, 0.29) is 5.04 Å². The van der Waals surface area contributed by atoms with E-state index in [1.54, 1.807) is 6.08 Å². The van der Waals surface area contributed by atoms with Gasteiger partial charge in [-0.3, -0.25) is 0 Å². The van der Waals surface area contributed by atoms with Crippen molar-refractivity contribution in [3.8, 4) is 22.9 Å². The van der Waals surface area contributed by atoms with Crippen molar-refractivity contribution in [2.75, 3.05) is 13.2 Å². The van der Waals surface area contributed by atoms with Crippen LogP contribution in [-0.2, 0) is 23.4 Å². The molecule has 0 aromatic rings. The fraction of sp³-hybridized carbons (Fsp3) is 0.741. The van der Waals surface area contributed by atoms with E-state index in [1.807, 2.05) is 0 Å². The molecule has 6 nitrogen and oxygen atoms in total. The Hall–Kier alpha value is -1.18. The Kier molecular flexibility index (Phi) is 7.78. The maximum absolute atomic E-state index is 13.0. The van der Waals surface area contributed by atoms with Crippen LogP contribution < -0.4 is 5.73 Å². The average molecular weight is 548 g/mol. The summed E-state index contributed by atoms with van der Waals surface area (Å²) in [4.78, 5) is 13.0. The molecular formula is C27H45NO5Si3. The quantitative estimate of drug-likeness (QED) is 0.313. The highest BCUT2D eigenvalue weighted by Gasteiger charge is 2.64. The van der Waals surface area contributed by atoms with Crippen molar-refractivity contribution in [1.29, 1.82) is 0 Å². The molecule has 0 amide bonds. The van der Waals surface area contributed by atoms with Gasteiger partial charge in [-0.25, -0.2) is 4.79 Å². The number of carbonyl (C=O) groups excluding carboxylic acids is 1. The van der Waals surface area contributed by atoms with Crippen LogP contribution in [0, 0.1) is 28.8 Å². The normalized spacial score (nSPS) is 30.4. The number of hydrogen-bond donors (Lipinski definition) is 1. The summed E-state index contributed by atoms with van der Waals surface area (Å²) in [6, 6.07) is -0.579. The van der Waals surface area contributed by atoms with E-state index in [9.17, 15) is 4.79 Å². The maximum Gasteiger partial charge on any atom is 0.332 e. The highest BCUT2D eigenvalue weighted by molar-refractivity contribution is 6.84. The summed E-state index contributed by atoms with van der Waals surface area (Å²) in [7, 11) is -5.94. The van der Waals surface area contributed by atoms with Gasteiger partial charge in [-0.1, -0.05) is 71.9 Å². The smallest absolute Gasteiger partial charge is 0.332 e. The zero-order valence-corrected chi connectivity index (χ0v) is 27.0. The molecule has 1 saturated heterocycles. The average Bonchev–Trinajstić information content (AvgIpc) is 3.16. The lowest BCUT2D eigenvalue weighted by molar-refractivity contribution is -0.222. The lowest BCUT2D eigenvalue weighted by atomic mass is 9.65. The third kappa shape index (κ3) is 6.10. The van der Waals surface area contributed by atoms with Gasteiger partial charge < -0.3 is 24.4 Å². The first-order chi connectivity index (χ1) is 16.2. The third-order valence-electron chi connectivity index (χ3n) is 7.30. The summed E-state index contributed by atoms with van der Waals surface area (Å²) in [6.07, 6.45) is 1.17. The number of cyclic esters (lactones) is 1. The second kappa shape index (κ2) is 9.53. The molecule has 2 aliphatic heterocycles. The van der Waals surface area contributed by atoms with Crippen molar-refractivity contribution >= 4 is 30.4 Å². The first kappa shape index (κ1) is 29.4. The Labute approximate surface area is 221 Å². The van der Waals surface area contributed by atoms with E-state index in [4.69, 9.17) is 24.4 Å². The Morgan fingerprint density at radius 3 is 2.06 bits per heavy atom. The number of carbonyl (C=O) groups is 1. The molecule has 9 heteroatoms. The van der Waals surface area contributed by atoms with Gasteiger partial charge in [0.1, 0.15) is 21.7 Å². The molecule has 0 radical (unpaired) electrons. The molecule has 2 fully saturated rings. The topological polar surface area (TPSA) is 80.0 Å². The molecule has 0 unspecified atom stereocenters. The molecule has 200 valence electrons. The predicted molar refractivity (Wildman–Crippen MR) is 152 cm³/mol. The molecule has 1 spiro atoms. The van der Waals surface area contributed by atoms with E-state index in [0.29, 0.717) is 19.6 Å². The van der Waals surface area contributed by atoms with E-state index < -0.39 is 59.9 Å². The van der Waals surface area contributed by atoms with Gasteiger partial charge in [-0.15, -0.1) is 11.1 Å². The number of rotatable bonds is 2. The van der Waals surface area contributed by atoms with Crippen LogP contribution >= 0.6 is 0 Å². The van der Waals surface area contributed by atoms with Gasteiger partial charge in [0, 0.05) is 12.5 Å². The van der Waals surface area contributed by atoms with Crippen molar-refractivity contribution < 1.29 is 23.4 Å². The molecule has 0 aromatic heterocycles. The molecule has 0 aromatic carbocycles. The van der Waals surface area contributed by atoms with Gasteiger partial charge in [0.15, 0.2) is 20.2 Å². The van der Waals surface area contributed by atoms with Crippen molar-refractivity contribution in [3.63, 3.8) is 0 Å². The second-order valence-corrected chi connectivity index (χ2v) is 28.1. The van der Waals surface area contributed by atoms with E-state index >= 15 is 0 Å². The third-order valence-corrected chi connectivity index (χ3v) is 13.5. The van der Waals surface area contributed by atoms with Crippen molar-refractivity contribution in [2.45, 2.75) is 108 Å². The van der Waals surface area contributed by atoms with Gasteiger partial charge in [0.2, 0.25) is 0 Å². The van der Waals surface area contributed by atoms with E-state index in [1.165, 1.54) is 0 Å². The van der Waals surface area contributed by atoms with Crippen LogP contribution in [0.5, 0.6) is 0 Å². The van der Waals surface area contributed by atoms with Crippen LogP contribution in [0.25, 0.3) is 0 Å². The van der Waals surface area contributed by atoms with Crippen LogP contribution in [0.15, 0.2) is 11.6 Å². The fourth-order valence-corrected chi connectivity index (χ4v) is 7.08. The molecule has 2 heterocycles. The van der Waals surface area contributed by atoms with Gasteiger partial charge in [0.25, 0.3) is 0 Å². The fourth-order valence-electron chi connectivity index (χ4n) is 4.51. The molecule has 4 atom stereocenters. The van der Waals surface area contributed by atoms with Gasteiger partial charge in [-0.2, -0.15) is 0 Å². The monoisotopic (exact) mass is 547 g/mol. The summed E-state index contributed by atoms with van der Waals surface area (Å²) >= 11 is 0. The Bertz CT molecular complexity index is 1030. The second-order valence-electron chi connectivity index (χ2n) is 13.9. The van der Waals surface area contributed by atoms with Crippen LogP contribution in [0.3, 0.4) is 0 Å². The highest BCUT2D eigenvalue weighted by atomic mass is 28.4. The first-order valence-corrected chi connectivity index (χ1v) is 22.8. The molecule has 3 rings (SSSR count). The zero-order valence-electron chi connectivity index (χ0n) is 24.0. The Balaban J connectivity index is 2.31.